The van der Waals surface area contributed by atoms with Crippen LogP contribution in [0.15, 0.2) is 36.4 Å². The molecule has 0 fully saturated rings. The van der Waals surface area contributed by atoms with Crippen LogP contribution in [0.25, 0.3) is 11.1 Å². The molecule has 0 bridgehead atoms. The minimum absolute atomic E-state index is 0.251. The van der Waals surface area contributed by atoms with Crippen LogP contribution in [-0.4, -0.2) is 7.11 Å². The van der Waals surface area contributed by atoms with Gasteiger partial charge in [-0.3, -0.25) is 0 Å². The van der Waals surface area contributed by atoms with Gasteiger partial charge in [0, 0.05) is 6.54 Å². The van der Waals surface area contributed by atoms with Gasteiger partial charge < -0.3 is 10.5 Å². The number of hydrogen-bond donors (Lipinski definition) is 1. The summed E-state index contributed by atoms with van der Waals surface area (Å²) in [6.07, 6.45) is 0. The van der Waals surface area contributed by atoms with Gasteiger partial charge in [-0.1, -0.05) is 29.8 Å². The highest BCUT2D eigenvalue weighted by Gasteiger charge is 2.08. The number of benzene rings is 2. The van der Waals surface area contributed by atoms with E-state index in [9.17, 15) is 4.39 Å². The fourth-order valence-electron chi connectivity index (χ4n) is 1.97. The lowest BCUT2D eigenvalue weighted by molar-refractivity contribution is 0.386. The molecule has 0 spiro atoms. The molecule has 0 saturated carbocycles. The summed E-state index contributed by atoms with van der Waals surface area (Å²) in [5, 5.41) is 0. The summed E-state index contributed by atoms with van der Waals surface area (Å²) >= 11 is 0. The average Bonchev–Trinajstić information content (AvgIpc) is 2.38. The minimum atomic E-state index is -0.362. The lowest BCUT2D eigenvalue weighted by atomic mass is 9.97. The van der Waals surface area contributed by atoms with Crippen molar-refractivity contribution in [3.05, 3.63) is 53.3 Å². The molecular weight excluding hydrogens is 229 g/mol. The lowest BCUT2D eigenvalue weighted by Gasteiger charge is -2.10. The Morgan fingerprint density at radius 1 is 1.17 bits per heavy atom. The third-order valence-electron chi connectivity index (χ3n) is 2.95. The van der Waals surface area contributed by atoms with Crippen molar-refractivity contribution in [2.45, 2.75) is 13.5 Å². The highest BCUT2D eigenvalue weighted by atomic mass is 19.1. The van der Waals surface area contributed by atoms with Crippen LogP contribution in [0.3, 0.4) is 0 Å². The first-order valence-corrected chi connectivity index (χ1v) is 5.79. The Morgan fingerprint density at radius 2 is 1.94 bits per heavy atom. The van der Waals surface area contributed by atoms with E-state index in [2.05, 4.69) is 0 Å². The van der Waals surface area contributed by atoms with Crippen LogP contribution in [0, 0.1) is 12.7 Å². The first kappa shape index (κ1) is 12.6. The molecule has 0 atom stereocenters. The largest absolute Gasteiger partial charge is 0.494 e. The topological polar surface area (TPSA) is 35.2 Å². The van der Waals surface area contributed by atoms with Gasteiger partial charge >= 0.3 is 0 Å². The molecule has 2 aromatic rings. The van der Waals surface area contributed by atoms with Gasteiger partial charge in [-0.05, 0) is 35.7 Å². The van der Waals surface area contributed by atoms with Crippen LogP contribution in [0.2, 0.25) is 0 Å². The summed E-state index contributed by atoms with van der Waals surface area (Å²) in [4.78, 5) is 0. The lowest BCUT2D eigenvalue weighted by Crippen LogP contribution is -1.99. The average molecular weight is 245 g/mol. The van der Waals surface area contributed by atoms with Gasteiger partial charge in [-0.15, -0.1) is 0 Å². The number of nitrogens with two attached hydrogens (primary N) is 1. The van der Waals surface area contributed by atoms with Crippen LogP contribution in [-0.2, 0) is 6.54 Å². The first-order valence-electron chi connectivity index (χ1n) is 5.79. The number of hydrogen-bond acceptors (Lipinski definition) is 2. The Bertz CT molecular complexity index is 566. The molecule has 18 heavy (non-hydrogen) atoms. The van der Waals surface area contributed by atoms with E-state index in [0.717, 1.165) is 22.3 Å². The van der Waals surface area contributed by atoms with Gasteiger partial charge in [0.25, 0.3) is 0 Å². The Labute approximate surface area is 106 Å². The molecule has 3 heteroatoms. The van der Waals surface area contributed by atoms with Gasteiger partial charge in [0.2, 0.25) is 0 Å². The Kier molecular flexibility index (Phi) is 3.63. The van der Waals surface area contributed by atoms with E-state index in [4.69, 9.17) is 10.5 Å². The molecule has 0 amide bonds. The molecule has 2 nitrogen and oxygen atoms in total. The van der Waals surface area contributed by atoms with E-state index in [1.165, 1.54) is 13.2 Å². The quantitative estimate of drug-likeness (QED) is 0.900. The highest BCUT2D eigenvalue weighted by molar-refractivity contribution is 5.69. The fraction of sp³-hybridized carbons (Fsp3) is 0.200. The van der Waals surface area contributed by atoms with Crippen LogP contribution in [0.1, 0.15) is 11.1 Å². The van der Waals surface area contributed by atoms with Gasteiger partial charge in [0.1, 0.15) is 0 Å². The van der Waals surface area contributed by atoms with E-state index in [1.807, 2.05) is 31.2 Å². The van der Waals surface area contributed by atoms with Crippen molar-refractivity contribution in [3.63, 3.8) is 0 Å². The molecule has 94 valence electrons. The molecule has 0 aromatic heterocycles. The second kappa shape index (κ2) is 5.19. The smallest absolute Gasteiger partial charge is 0.165 e. The molecule has 0 radical (unpaired) electrons. The maximum atomic E-state index is 13.7. The van der Waals surface area contributed by atoms with E-state index < -0.39 is 0 Å². The Balaban J connectivity index is 2.54. The van der Waals surface area contributed by atoms with Gasteiger partial charge in [0.15, 0.2) is 11.6 Å². The van der Waals surface area contributed by atoms with Crippen molar-refractivity contribution in [2.24, 2.45) is 5.73 Å². The zero-order chi connectivity index (χ0) is 13.1. The molecule has 0 aliphatic carbocycles. The molecule has 2 aromatic carbocycles. The third-order valence-corrected chi connectivity index (χ3v) is 2.95. The predicted octanol–water partition coefficient (Wildman–Crippen LogP) is 3.27. The van der Waals surface area contributed by atoms with Crippen LogP contribution >= 0.6 is 0 Å². The Hall–Kier alpha value is -1.87. The molecule has 0 saturated heterocycles. The number of halogens is 1. The van der Waals surface area contributed by atoms with Gasteiger partial charge in [0.05, 0.1) is 7.11 Å². The van der Waals surface area contributed by atoms with Crippen LogP contribution in [0.4, 0.5) is 4.39 Å². The van der Waals surface area contributed by atoms with Gasteiger partial charge in [-0.2, -0.15) is 0 Å². The maximum Gasteiger partial charge on any atom is 0.165 e. The fourth-order valence-corrected chi connectivity index (χ4v) is 1.97. The molecular formula is C15H16FNO. The second-order valence-electron chi connectivity index (χ2n) is 4.21. The molecule has 0 heterocycles. The first-order chi connectivity index (χ1) is 8.65. The van der Waals surface area contributed by atoms with Crippen LogP contribution in [0.5, 0.6) is 5.75 Å². The summed E-state index contributed by atoms with van der Waals surface area (Å²) in [5.74, 6) is -0.111. The Morgan fingerprint density at radius 3 is 2.56 bits per heavy atom. The zero-order valence-electron chi connectivity index (χ0n) is 10.5. The minimum Gasteiger partial charge on any atom is -0.494 e. The van der Waals surface area contributed by atoms with Crippen molar-refractivity contribution < 1.29 is 9.13 Å². The number of methoxy groups -OCH3 is 1. The molecule has 2 rings (SSSR count). The molecule has 0 unspecified atom stereocenters. The highest BCUT2D eigenvalue weighted by Crippen LogP contribution is 2.28. The predicted molar refractivity (Wildman–Crippen MR) is 71.0 cm³/mol. The van der Waals surface area contributed by atoms with E-state index in [-0.39, 0.29) is 11.6 Å². The van der Waals surface area contributed by atoms with Crippen molar-refractivity contribution in [1.29, 1.82) is 0 Å². The normalized spacial score (nSPS) is 10.4. The van der Waals surface area contributed by atoms with Crippen LogP contribution < -0.4 is 10.5 Å². The van der Waals surface area contributed by atoms with E-state index in [1.54, 1.807) is 6.07 Å². The third kappa shape index (κ3) is 2.36. The SMILES string of the molecule is COc1ccc(-c2cc(C)ccc2CN)cc1F. The number of ether oxygens (including phenoxy) is 1. The molecule has 0 aliphatic rings. The summed E-state index contributed by atoms with van der Waals surface area (Å²) < 4.78 is 18.6. The van der Waals surface area contributed by atoms with E-state index >= 15 is 0 Å². The second-order valence-corrected chi connectivity index (χ2v) is 4.21. The standard InChI is InChI=1S/C15H16FNO/c1-10-3-4-12(9-17)13(7-10)11-5-6-15(18-2)14(16)8-11/h3-8H,9,17H2,1-2H3. The zero-order valence-corrected chi connectivity index (χ0v) is 10.5. The summed E-state index contributed by atoms with van der Waals surface area (Å²) in [6, 6.07) is 11.0. The summed E-state index contributed by atoms with van der Waals surface area (Å²) in [7, 11) is 1.45. The monoisotopic (exact) mass is 245 g/mol. The van der Waals surface area contributed by atoms with Crippen molar-refractivity contribution in [2.75, 3.05) is 7.11 Å². The van der Waals surface area contributed by atoms with Crippen molar-refractivity contribution in [1.82, 2.24) is 0 Å². The maximum absolute atomic E-state index is 13.7. The molecule has 0 aliphatic heterocycles. The van der Waals surface area contributed by atoms with Gasteiger partial charge in [-0.25, -0.2) is 4.39 Å². The van der Waals surface area contributed by atoms with Crippen molar-refractivity contribution in [3.8, 4) is 16.9 Å². The van der Waals surface area contributed by atoms with E-state index in [0.29, 0.717) is 6.54 Å². The number of aryl methyl sites for hydroxylation is 1. The summed E-state index contributed by atoms with van der Waals surface area (Å²) in [5.41, 5.74) is 9.63. The molecule has 2 N–H and O–H groups in total. The number of rotatable bonds is 3. The summed E-state index contributed by atoms with van der Waals surface area (Å²) in [6.45, 7) is 2.44. The van der Waals surface area contributed by atoms with Crippen molar-refractivity contribution >= 4 is 0 Å².